The molecule has 0 aromatic heterocycles. The Morgan fingerprint density at radius 1 is 1.28 bits per heavy atom. The van der Waals surface area contributed by atoms with Gasteiger partial charge in [-0.1, -0.05) is 17.7 Å². The molecule has 0 aliphatic carbocycles. The molecule has 1 amide bonds. The van der Waals surface area contributed by atoms with Gasteiger partial charge in [0.05, 0.1) is 6.61 Å². The van der Waals surface area contributed by atoms with E-state index in [0.717, 1.165) is 5.56 Å². The van der Waals surface area contributed by atoms with E-state index >= 15 is 0 Å². The second-order valence-electron chi connectivity index (χ2n) is 3.93. The number of amides is 1. The van der Waals surface area contributed by atoms with Crippen LogP contribution >= 0.6 is 0 Å². The van der Waals surface area contributed by atoms with Crippen molar-refractivity contribution in [2.75, 3.05) is 19.7 Å². The highest BCUT2D eigenvalue weighted by Gasteiger charge is 2.33. The lowest BCUT2D eigenvalue weighted by atomic mass is 10.1. The normalized spacial score (nSPS) is 11.4. The summed E-state index contributed by atoms with van der Waals surface area (Å²) in [6.45, 7) is -0.393. The van der Waals surface area contributed by atoms with Crippen LogP contribution in [0.5, 0.6) is 0 Å². The van der Waals surface area contributed by atoms with Crippen LogP contribution in [0.25, 0.3) is 0 Å². The summed E-state index contributed by atoms with van der Waals surface area (Å²) in [5.74, 6) is -0.735. The average Bonchev–Trinajstić information content (AvgIpc) is 2.27. The lowest BCUT2D eigenvalue weighted by Gasteiger charge is -2.23. The van der Waals surface area contributed by atoms with Gasteiger partial charge in [-0.25, -0.2) is 0 Å². The minimum Gasteiger partial charge on any atom is -0.395 e. The van der Waals surface area contributed by atoms with E-state index in [-0.39, 0.29) is 12.1 Å². The number of nitrogens with zero attached hydrogens (tertiary/aromatic N) is 1. The van der Waals surface area contributed by atoms with Crippen molar-refractivity contribution in [1.82, 2.24) is 4.90 Å². The number of aliphatic hydroxyl groups is 1. The zero-order chi connectivity index (χ0) is 13.8. The molecule has 6 heteroatoms. The predicted molar refractivity (Wildman–Crippen MR) is 60.2 cm³/mol. The van der Waals surface area contributed by atoms with Crippen molar-refractivity contribution in [3.8, 4) is 0 Å². The molecule has 0 unspecified atom stereocenters. The van der Waals surface area contributed by atoms with E-state index in [0.29, 0.717) is 4.90 Å². The quantitative estimate of drug-likeness (QED) is 0.900. The van der Waals surface area contributed by atoms with Gasteiger partial charge in [0.2, 0.25) is 0 Å². The van der Waals surface area contributed by atoms with Crippen molar-refractivity contribution in [2.45, 2.75) is 13.1 Å². The first-order valence-electron chi connectivity index (χ1n) is 5.37. The predicted octanol–water partition coefficient (Wildman–Crippen LogP) is 1.99. The van der Waals surface area contributed by atoms with Crippen LogP contribution in [0.4, 0.5) is 13.2 Å². The molecular formula is C12H14F3NO2. The highest BCUT2D eigenvalue weighted by atomic mass is 19.4. The monoisotopic (exact) mass is 261 g/mol. The highest BCUT2D eigenvalue weighted by molar-refractivity contribution is 5.94. The molecule has 100 valence electrons. The van der Waals surface area contributed by atoms with Crippen LogP contribution in [-0.2, 0) is 0 Å². The molecule has 0 fully saturated rings. The van der Waals surface area contributed by atoms with Gasteiger partial charge in [0, 0.05) is 12.1 Å². The average molecular weight is 261 g/mol. The summed E-state index contributed by atoms with van der Waals surface area (Å²) < 4.78 is 36.9. The summed E-state index contributed by atoms with van der Waals surface area (Å²) in [6, 6.07) is 6.24. The van der Waals surface area contributed by atoms with Crippen LogP contribution in [-0.4, -0.2) is 41.8 Å². The van der Waals surface area contributed by atoms with E-state index < -0.39 is 25.2 Å². The standard InChI is InChI=1S/C12H14F3NO2/c1-9-2-4-10(5-3-9)11(18)16(6-7-17)8-12(13,14)15/h2-5,17H,6-8H2,1H3. The lowest BCUT2D eigenvalue weighted by molar-refractivity contribution is -0.141. The third kappa shape index (κ3) is 4.37. The molecule has 0 spiro atoms. The Kier molecular flexibility index (Phi) is 4.72. The molecule has 0 atom stereocenters. The van der Waals surface area contributed by atoms with Crippen LogP contribution in [0, 0.1) is 6.92 Å². The van der Waals surface area contributed by atoms with Crippen LogP contribution < -0.4 is 0 Å². The number of aryl methyl sites for hydroxylation is 1. The Balaban J connectivity index is 2.85. The number of hydrogen-bond acceptors (Lipinski definition) is 2. The minimum atomic E-state index is -4.48. The number of hydrogen-bond donors (Lipinski definition) is 1. The molecule has 1 N–H and O–H groups in total. The smallest absolute Gasteiger partial charge is 0.395 e. The lowest BCUT2D eigenvalue weighted by Crippen LogP contribution is -2.40. The number of rotatable bonds is 4. The van der Waals surface area contributed by atoms with Gasteiger partial charge in [0.25, 0.3) is 5.91 Å². The molecule has 0 heterocycles. The second kappa shape index (κ2) is 5.86. The SMILES string of the molecule is Cc1ccc(C(=O)N(CCO)CC(F)(F)F)cc1. The van der Waals surface area contributed by atoms with Crippen LogP contribution in [0.2, 0.25) is 0 Å². The number of benzene rings is 1. The summed E-state index contributed by atoms with van der Waals surface area (Å²) >= 11 is 0. The van der Waals surface area contributed by atoms with Crippen molar-refractivity contribution in [2.24, 2.45) is 0 Å². The van der Waals surface area contributed by atoms with Gasteiger partial charge in [-0.05, 0) is 19.1 Å². The molecule has 0 bridgehead atoms. The fraction of sp³-hybridized carbons (Fsp3) is 0.417. The largest absolute Gasteiger partial charge is 0.406 e. The molecule has 1 aromatic rings. The molecule has 3 nitrogen and oxygen atoms in total. The minimum absolute atomic E-state index is 0.179. The van der Waals surface area contributed by atoms with Gasteiger partial charge in [-0.3, -0.25) is 4.79 Å². The molecule has 1 rings (SSSR count). The molecule has 0 saturated carbocycles. The van der Waals surface area contributed by atoms with Crippen molar-refractivity contribution < 1.29 is 23.1 Å². The molecule has 1 aromatic carbocycles. The third-order valence-corrected chi connectivity index (χ3v) is 2.33. The summed E-state index contributed by atoms with van der Waals surface area (Å²) in [6.07, 6.45) is -4.48. The second-order valence-corrected chi connectivity index (χ2v) is 3.93. The molecule has 0 saturated heterocycles. The molecule has 0 aliphatic heterocycles. The summed E-state index contributed by atoms with van der Waals surface area (Å²) in [7, 11) is 0. The Morgan fingerprint density at radius 2 is 1.83 bits per heavy atom. The van der Waals surface area contributed by atoms with Gasteiger partial charge >= 0.3 is 6.18 Å². The molecular weight excluding hydrogens is 247 g/mol. The van der Waals surface area contributed by atoms with E-state index in [1.807, 2.05) is 6.92 Å². The third-order valence-electron chi connectivity index (χ3n) is 2.33. The maximum absolute atomic E-state index is 12.3. The van der Waals surface area contributed by atoms with E-state index in [4.69, 9.17) is 5.11 Å². The van der Waals surface area contributed by atoms with Crippen LogP contribution in [0.1, 0.15) is 15.9 Å². The van der Waals surface area contributed by atoms with Crippen LogP contribution in [0.15, 0.2) is 24.3 Å². The number of aliphatic hydroxyl groups excluding tert-OH is 1. The van der Waals surface area contributed by atoms with Gasteiger partial charge in [-0.2, -0.15) is 13.2 Å². The number of halogens is 3. The zero-order valence-corrected chi connectivity index (χ0v) is 9.87. The Labute approximate surface area is 103 Å². The van der Waals surface area contributed by atoms with Gasteiger partial charge in [0.15, 0.2) is 0 Å². The number of alkyl halides is 3. The van der Waals surface area contributed by atoms with E-state index in [2.05, 4.69) is 0 Å². The van der Waals surface area contributed by atoms with Crippen molar-refractivity contribution in [1.29, 1.82) is 0 Å². The summed E-state index contributed by atoms with van der Waals surface area (Å²) in [4.78, 5) is 12.4. The van der Waals surface area contributed by atoms with E-state index in [9.17, 15) is 18.0 Å². The topological polar surface area (TPSA) is 40.5 Å². The maximum Gasteiger partial charge on any atom is 0.406 e. The zero-order valence-electron chi connectivity index (χ0n) is 9.87. The maximum atomic E-state index is 12.3. The number of carbonyl (C=O) groups is 1. The fourth-order valence-electron chi connectivity index (χ4n) is 1.47. The summed E-state index contributed by atoms with van der Waals surface area (Å²) in [5, 5.41) is 8.71. The van der Waals surface area contributed by atoms with Crippen molar-refractivity contribution >= 4 is 5.91 Å². The molecule has 18 heavy (non-hydrogen) atoms. The first-order chi connectivity index (χ1) is 8.33. The van der Waals surface area contributed by atoms with Gasteiger partial charge in [-0.15, -0.1) is 0 Å². The molecule has 0 radical (unpaired) electrons. The number of carbonyl (C=O) groups excluding carboxylic acids is 1. The van der Waals surface area contributed by atoms with Crippen LogP contribution in [0.3, 0.4) is 0 Å². The first kappa shape index (κ1) is 14.5. The Morgan fingerprint density at radius 3 is 2.28 bits per heavy atom. The Hall–Kier alpha value is -1.56. The summed E-state index contributed by atoms with van der Waals surface area (Å²) in [5.41, 5.74) is 1.09. The highest BCUT2D eigenvalue weighted by Crippen LogP contribution is 2.18. The van der Waals surface area contributed by atoms with E-state index in [1.54, 1.807) is 12.1 Å². The van der Waals surface area contributed by atoms with Crippen molar-refractivity contribution in [3.05, 3.63) is 35.4 Å². The fourth-order valence-corrected chi connectivity index (χ4v) is 1.47. The Bertz CT molecular complexity index is 401. The van der Waals surface area contributed by atoms with Crippen molar-refractivity contribution in [3.63, 3.8) is 0 Å². The molecule has 0 aliphatic rings. The van der Waals surface area contributed by atoms with E-state index in [1.165, 1.54) is 12.1 Å². The van der Waals surface area contributed by atoms with Gasteiger partial charge in [0.1, 0.15) is 6.54 Å². The first-order valence-corrected chi connectivity index (χ1v) is 5.37. The van der Waals surface area contributed by atoms with Gasteiger partial charge < -0.3 is 10.0 Å².